The Kier molecular flexibility index (Phi) is 4.63. The molecule has 2 heterocycles. The van der Waals surface area contributed by atoms with Crippen LogP contribution in [0.5, 0.6) is 0 Å². The molecule has 1 aliphatic rings. The third-order valence-electron chi connectivity index (χ3n) is 3.58. The van der Waals surface area contributed by atoms with Crippen molar-refractivity contribution < 1.29 is 0 Å². The Bertz CT molecular complexity index is 324. The number of aromatic nitrogens is 1. The van der Waals surface area contributed by atoms with Crippen LogP contribution >= 0.6 is 0 Å². The van der Waals surface area contributed by atoms with E-state index in [0.717, 1.165) is 13.0 Å². The maximum Gasteiger partial charge on any atom is 0.0209 e. The van der Waals surface area contributed by atoms with Gasteiger partial charge in [0, 0.05) is 32.0 Å². The summed E-state index contributed by atoms with van der Waals surface area (Å²) in [4.78, 5) is 2.54. The van der Waals surface area contributed by atoms with Gasteiger partial charge in [-0.3, -0.25) is 0 Å². The second-order valence-corrected chi connectivity index (χ2v) is 5.36. The highest BCUT2D eigenvalue weighted by atomic mass is 15.1. The van der Waals surface area contributed by atoms with Gasteiger partial charge in [0.05, 0.1) is 0 Å². The largest absolute Gasteiger partial charge is 0.357 e. The summed E-state index contributed by atoms with van der Waals surface area (Å²) in [5.74, 6) is 0. The maximum atomic E-state index is 6.25. The molecular weight excluding hydrogens is 210 g/mol. The Morgan fingerprint density at radius 1 is 1.24 bits per heavy atom. The van der Waals surface area contributed by atoms with Gasteiger partial charge >= 0.3 is 0 Å². The van der Waals surface area contributed by atoms with Gasteiger partial charge < -0.3 is 15.2 Å². The molecule has 96 valence electrons. The number of nitrogens with zero attached hydrogens (tertiary/aromatic N) is 2. The van der Waals surface area contributed by atoms with Crippen LogP contribution in [0.1, 0.15) is 31.2 Å². The smallest absolute Gasteiger partial charge is 0.0209 e. The third kappa shape index (κ3) is 4.17. The van der Waals surface area contributed by atoms with Crippen LogP contribution in [0.25, 0.3) is 0 Å². The van der Waals surface area contributed by atoms with Gasteiger partial charge in [-0.15, -0.1) is 0 Å². The summed E-state index contributed by atoms with van der Waals surface area (Å²) in [7, 11) is 2.06. The molecule has 1 atom stereocenters. The molecule has 0 spiro atoms. The number of hydrogen-bond donors (Lipinski definition) is 1. The van der Waals surface area contributed by atoms with Crippen molar-refractivity contribution in [1.29, 1.82) is 0 Å². The quantitative estimate of drug-likeness (QED) is 0.863. The van der Waals surface area contributed by atoms with Crippen LogP contribution in [-0.4, -0.2) is 35.1 Å². The fourth-order valence-corrected chi connectivity index (χ4v) is 2.70. The zero-order valence-corrected chi connectivity index (χ0v) is 10.9. The van der Waals surface area contributed by atoms with E-state index in [2.05, 4.69) is 35.0 Å². The average molecular weight is 235 g/mol. The lowest BCUT2D eigenvalue weighted by atomic mass is 10.1. The predicted octanol–water partition coefficient (Wildman–Crippen LogP) is 1.77. The standard InChI is InChI=1S/C14H25N3/c1-16-9-6-13(11-16)10-14(15)12-17-7-4-2-3-5-8-17/h6,9,11,14H,2-5,7-8,10,12,15H2,1H3. The Balaban J connectivity index is 1.77. The van der Waals surface area contributed by atoms with E-state index in [-0.39, 0.29) is 6.04 Å². The third-order valence-corrected chi connectivity index (χ3v) is 3.58. The molecule has 1 aromatic rings. The minimum absolute atomic E-state index is 0.274. The summed E-state index contributed by atoms with van der Waals surface area (Å²) >= 11 is 0. The first-order valence-electron chi connectivity index (χ1n) is 6.83. The molecular formula is C14H25N3. The van der Waals surface area contributed by atoms with E-state index < -0.39 is 0 Å². The second kappa shape index (κ2) is 6.22. The molecule has 0 radical (unpaired) electrons. The van der Waals surface area contributed by atoms with Gasteiger partial charge in [-0.25, -0.2) is 0 Å². The van der Waals surface area contributed by atoms with Crippen molar-refractivity contribution >= 4 is 0 Å². The van der Waals surface area contributed by atoms with Crippen molar-refractivity contribution in [3.63, 3.8) is 0 Å². The zero-order valence-electron chi connectivity index (χ0n) is 10.9. The molecule has 17 heavy (non-hydrogen) atoms. The van der Waals surface area contributed by atoms with E-state index in [4.69, 9.17) is 5.73 Å². The van der Waals surface area contributed by atoms with Gasteiger partial charge in [0.1, 0.15) is 0 Å². The van der Waals surface area contributed by atoms with E-state index in [1.54, 1.807) is 0 Å². The molecule has 1 saturated heterocycles. The van der Waals surface area contributed by atoms with Gasteiger partial charge in [-0.2, -0.15) is 0 Å². The fourth-order valence-electron chi connectivity index (χ4n) is 2.70. The summed E-state index contributed by atoms with van der Waals surface area (Å²) < 4.78 is 2.09. The molecule has 1 unspecified atom stereocenters. The van der Waals surface area contributed by atoms with Gasteiger partial charge in [0.25, 0.3) is 0 Å². The lowest BCUT2D eigenvalue weighted by molar-refractivity contribution is 0.266. The molecule has 0 aromatic carbocycles. The number of hydrogen-bond acceptors (Lipinski definition) is 2. The average Bonchev–Trinajstić information content (AvgIpc) is 2.53. The van der Waals surface area contributed by atoms with Crippen molar-refractivity contribution in [3.05, 3.63) is 24.0 Å². The second-order valence-electron chi connectivity index (χ2n) is 5.36. The van der Waals surface area contributed by atoms with Gasteiger partial charge in [-0.1, -0.05) is 12.8 Å². The summed E-state index contributed by atoms with van der Waals surface area (Å²) in [5, 5.41) is 0. The zero-order chi connectivity index (χ0) is 12.1. The van der Waals surface area contributed by atoms with Crippen molar-refractivity contribution in [2.45, 2.75) is 38.1 Å². The highest BCUT2D eigenvalue weighted by Crippen LogP contribution is 2.11. The molecule has 3 heteroatoms. The molecule has 3 nitrogen and oxygen atoms in total. The van der Waals surface area contributed by atoms with Gasteiger partial charge in [0.15, 0.2) is 0 Å². The molecule has 1 fully saturated rings. The summed E-state index contributed by atoms with van der Waals surface area (Å²) in [6.07, 6.45) is 10.7. The first kappa shape index (κ1) is 12.7. The Labute approximate surface area is 105 Å². The van der Waals surface area contributed by atoms with Crippen LogP contribution in [0.15, 0.2) is 18.5 Å². The SMILES string of the molecule is Cn1ccc(CC(N)CN2CCCCCC2)c1. The normalized spacial score (nSPS) is 20.1. The molecule has 2 rings (SSSR count). The topological polar surface area (TPSA) is 34.2 Å². The van der Waals surface area contributed by atoms with E-state index in [9.17, 15) is 0 Å². The molecule has 0 bridgehead atoms. The monoisotopic (exact) mass is 235 g/mol. The summed E-state index contributed by atoms with van der Waals surface area (Å²) in [5.41, 5.74) is 7.60. The van der Waals surface area contributed by atoms with E-state index in [0.29, 0.717) is 0 Å². The number of likely N-dealkylation sites (tertiary alicyclic amines) is 1. The highest BCUT2D eigenvalue weighted by Gasteiger charge is 2.13. The Morgan fingerprint density at radius 2 is 1.94 bits per heavy atom. The van der Waals surface area contributed by atoms with Crippen LogP contribution in [0.4, 0.5) is 0 Å². The van der Waals surface area contributed by atoms with Crippen LogP contribution in [0.3, 0.4) is 0 Å². The Hall–Kier alpha value is -0.800. The minimum atomic E-state index is 0.274. The van der Waals surface area contributed by atoms with Crippen LogP contribution < -0.4 is 5.73 Å². The van der Waals surface area contributed by atoms with Crippen molar-refractivity contribution in [1.82, 2.24) is 9.47 Å². The lowest BCUT2D eigenvalue weighted by Gasteiger charge is -2.23. The van der Waals surface area contributed by atoms with Gasteiger partial charge in [0.2, 0.25) is 0 Å². The first-order valence-corrected chi connectivity index (χ1v) is 6.83. The Morgan fingerprint density at radius 3 is 2.53 bits per heavy atom. The summed E-state index contributed by atoms with van der Waals surface area (Å²) in [6, 6.07) is 2.44. The summed E-state index contributed by atoms with van der Waals surface area (Å²) in [6.45, 7) is 3.53. The van der Waals surface area contributed by atoms with Crippen LogP contribution in [-0.2, 0) is 13.5 Å². The van der Waals surface area contributed by atoms with Crippen LogP contribution in [0, 0.1) is 0 Å². The van der Waals surface area contributed by atoms with Crippen molar-refractivity contribution in [2.24, 2.45) is 12.8 Å². The van der Waals surface area contributed by atoms with E-state index in [1.807, 2.05) is 0 Å². The minimum Gasteiger partial charge on any atom is -0.357 e. The number of aryl methyl sites for hydroxylation is 1. The van der Waals surface area contributed by atoms with Crippen LogP contribution in [0.2, 0.25) is 0 Å². The number of rotatable bonds is 4. The van der Waals surface area contributed by atoms with Gasteiger partial charge in [-0.05, 0) is 44.0 Å². The lowest BCUT2D eigenvalue weighted by Crippen LogP contribution is -2.39. The number of nitrogens with two attached hydrogens (primary N) is 1. The van der Waals surface area contributed by atoms with Crippen molar-refractivity contribution in [2.75, 3.05) is 19.6 Å². The predicted molar refractivity (Wildman–Crippen MR) is 72.0 cm³/mol. The fraction of sp³-hybridized carbons (Fsp3) is 0.714. The highest BCUT2D eigenvalue weighted by molar-refractivity contribution is 5.11. The molecule has 0 amide bonds. The van der Waals surface area contributed by atoms with E-state index >= 15 is 0 Å². The van der Waals surface area contributed by atoms with Crippen molar-refractivity contribution in [3.8, 4) is 0 Å². The van der Waals surface area contributed by atoms with E-state index in [1.165, 1.54) is 44.3 Å². The molecule has 2 N–H and O–H groups in total. The molecule has 1 aromatic heterocycles. The molecule has 1 aliphatic heterocycles. The molecule has 0 saturated carbocycles. The molecule has 0 aliphatic carbocycles. The first-order chi connectivity index (χ1) is 8.24. The maximum absolute atomic E-state index is 6.25.